The number of nitrogens with one attached hydrogen (secondary N) is 2. The van der Waals surface area contributed by atoms with Crippen molar-refractivity contribution >= 4 is 11.8 Å². The first-order valence-corrected chi connectivity index (χ1v) is 11.6. The van der Waals surface area contributed by atoms with Gasteiger partial charge in [-0.15, -0.1) is 0 Å². The van der Waals surface area contributed by atoms with Crippen molar-refractivity contribution in [3.05, 3.63) is 23.9 Å². The average Bonchev–Trinajstić information content (AvgIpc) is 2.74. The van der Waals surface area contributed by atoms with Crippen molar-refractivity contribution in [3.8, 4) is 0 Å². The maximum atomic E-state index is 4.75. The largest absolute Gasteiger partial charge is 0.357 e. The Morgan fingerprint density at radius 3 is 2.30 bits per heavy atom. The minimum atomic E-state index is 0.542. The van der Waals surface area contributed by atoms with E-state index in [1.165, 1.54) is 0 Å². The number of aromatic nitrogens is 1. The van der Waals surface area contributed by atoms with E-state index in [2.05, 4.69) is 79.0 Å². The van der Waals surface area contributed by atoms with E-state index in [0.717, 1.165) is 69.7 Å². The van der Waals surface area contributed by atoms with Crippen LogP contribution in [0.1, 0.15) is 47.1 Å². The molecule has 1 aromatic rings. The summed E-state index contributed by atoms with van der Waals surface area (Å²) in [5, 5.41) is 6.81. The summed E-state index contributed by atoms with van der Waals surface area (Å²) < 4.78 is 0. The molecule has 0 unspecified atom stereocenters. The van der Waals surface area contributed by atoms with Gasteiger partial charge >= 0.3 is 0 Å². The molecule has 170 valence electrons. The zero-order chi connectivity index (χ0) is 21.9. The number of likely N-dealkylation sites (N-methyl/N-ethyl adjacent to an activating group) is 1. The number of pyridine rings is 1. The molecule has 2 N–H and O–H groups in total. The lowest BCUT2D eigenvalue weighted by atomic mass is 10.2. The molecule has 2 rings (SSSR count). The van der Waals surface area contributed by atoms with Crippen LogP contribution in [0, 0.1) is 0 Å². The van der Waals surface area contributed by atoms with E-state index in [9.17, 15) is 0 Å². The number of piperazine rings is 1. The molecule has 0 radical (unpaired) electrons. The van der Waals surface area contributed by atoms with Crippen LogP contribution >= 0.6 is 0 Å². The molecule has 0 amide bonds. The van der Waals surface area contributed by atoms with Gasteiger partial charge in [-0.25, -0.2) is 9.98 Å². The lowest BCUT2D eigenvalue weighted by Crippen LogP contribution is -2.46. The van der Waals surface area contributed by atoms with E-state index in [0.29, 0.717) is 18.6 Å². The minimum absolute atomic E-state index is 0.542. The number of hydrogen-bond donors (Lipinski definition) is 2. The van der Waals surface area contributed by atoms with Gasteiger partial charge in [0.2, 0.25) is 0 Å². The molecule has 7 heteroatoms. The number of hydrogen-bond acceptors (Lipinski definition) is 5. The first-order chi connectivity index (χ1) is 14.4. The van der Waals surface area contributed by atoms with Crippen molar-refractivity contribution in [2.24, 2.45) is 4.99 Å². The molecule has 1 aliphatic heterocycles. The maximum absolute atomic E-state index is 4.75. The molecule has 1 saturated heterocycles. The van der Waals surface area contributed by atoms with E-state index in [4.69, 9.17) is 9.98 Å². The quantitative estimate of drug-likeness (QED) is 0.450. The Morgan fingerprint density at radius 2 is 1.77 bits per heavy atom. The Bertz CT molecular complexity index is 611. The molecular formula is C23H43N7. The zero-order valence-corrected chi connectivity index (χ0v) is 20.0. The van der Waals surface area contributed by atoms with Crippen molar-refractivity contribution in [2.75, 3.05) is 57.3 Å². The second-order valence-corrected chi connectivity index (χ2v) is 8.49. The van der Waals surface area contributed by atoms with Crippen LogP contribution in [-0.2, 0) is 6.54 Å². The average molecular weight is 418 g/mol. The van der Waals surface area contributed by atoms with Crippen molar-refractivity contribution in [3.63, 3.8) is 0 Å². The first kappa shape index (κ1) is 24.4. The normalized spacial score (nSPS) is 16.0. The molecule has 0 spiro atoms. The third-order valence-electron chi connectivity index (χ3n) is 5.71. The summed E-state index contributed by atoms with van der Waals surface area (Å²) in [5.41, 5.74) is 1.13. The van der Waals surface area contributed by atoms with Gasteiger partial charge in [-0.1, -0.05) is 13.0 Å². The van der Waals surface area contributed by atoms with Crippen molar-refractivity contribution in [1.82, 2.24) is 25.4 Å². The number of aliphatic imine (C=N–C) groups is 1. The molecule has 1 fully saturated rings. The van der Waals surface area contributed by atoms with Gasteiger partial charge in [-0.2, -0.15) is 0 Å². The summed E-state index contributed by atoms with van der Waals surface area (Å²) in [5.74, 6) is 1.94. The third kappa shape index (κ3) is 7.76. The van der Waals surface area contributed by atoms with Gasteiger partial charge in [0.25, 0.3) is 0 Å². The minimum Gasteiger partial charge on any atom is -0.357 e. The second-order valence-electron chi connectivity index (χ2n) is 8.49. The Kier molecular flexibility index (Phi) is 10.4. The molecule has 0 bridgehead atoms. The highest BCUT2D eigenvalue weighted by atomic mass is 15.3. The van der Waals surface area contributed by atoms with Crippen molar-refractivity contribution in [2.45, 2.75) is 60.2 Å². The first-order valence-electron chi connectivity index (χ1n) is 11.6. The van der Waals surface area contributed by atoms with E-state index in [1.807, 2.05) is 6.20 Å². The molecule has 0 saturated carbocycles. The molecule has 2 heterocycles. The molecule has 1 aromatic heterocycles. The van der Waals surface area contributed by atoms with Gasteiger partial charge in [0.1, 0.15) is 5.82 Å². The van der Waals surface area contributed by atoms with E-state index < -0.39 is 0 Å². The van der Waals surface area contributed by atoms with Gasteiger partial charge in [0.15, 0.2) is 5.96 Å². The highest BCUT2D eigenvalue weighted by molar-refractivity contribution is 5.79. The van der Waals surface area contributed by atoms with Gasteiger partial charge < -0.3 is 20.4 Å². The Labute approximate surface area is 183 Å². The molecular weight excluding hydrogens is 374 g/mol. The highest BCUT2D eigenvalue weighted by Crippen LogP contribution is 2.14. The van der Waals surface area contributed by atoms with Crippen LogP contribution in [0.15, 0.2) is 23.3 Å². The summed E-state index contributed by atoms with van der Waals surface area (Å²) in [6, 6.07) is 5.37. The summed E-state index contributed by atoms with van der Waals surface area (Å²) in [6.45, 7) is 22.2. The molecule has 1 aliphatic rings. The number of nitrogens with zero attached hydrogens (tertiary/aromatic N) is 5. The fourth-order valence-corrected chi connectivity index (χ4v) is 3.92. The highest BCUT2D eigenvalue weighted by Gasteiger charge is 2.16. The van der Waals surface area contributed by atoms with E-state index >= 15 is 0 Å². The summed E-state index contributed by atoms with van der Waals surface area (Å²) in [6.07, 6.45) is 1.97. The summed E-state index contributed by atoms with van der Waals surface area (Å²) in [4.78, 5) is 16.8. The second kappa shape index (κ2) is 12.7. The molecule has 0 aliphatic carbocycles. The van der Waals surface area contributed by atoms with Crippen molar-refractivity contribution in [1.29, 1.82) is 0 Å². The van der Waals surface area contributed by atoms with E-state index in [1.54, 1.807) is 0 Å². The number of guanidine groups is 1. The lowest BCUT2D eigenvalue weighted by Gasteiger charge is -2.34. The van der Waals surface area contributed by atoms with Gasteiger partial charge in [0.05, 0.1) is 6.54 Å². The van der Waals surface area contributed by atoms with Gasteiger partial charge in [-0.05, 0) is 52.8 Å². The van der Waals surface area contributed by atoms with Crippen LogP contribution in [-0.4, -0.2) is 85.2 Å². The van der Waals surface area contributed by atoms with Crippen LogP contribution in [0.3, 0.4) is 0 Å². The molecule has 0 atom stereocenters. The Morgan fingerprint density at radius 1 is 1.07 bits per heavy atom. The Balaban J connectivity index is 1.86. The van der Waals surface area contributed by atoms with Crippen LogP contribution in [0.5, 0.6) is 0 Å². The van der Waals surface area contributed by atoms with Crippen LogP contribution in [0.2, 0.25) is 0 Å². The van der Waals surface area contributed by atoms with Crippen LogP contribution < -0.4 is 15.5 Å². The number of anilines is 1. The fraction of sp³-hybridized carbons (Fsp3) is 0.739. The van der Waals surface area contributed by atoms with Crippen LogP contribution in [0.25, 0.3) is 0 Å². The molecule has 0 aromatic carbocycles. The predicted octanol–water partition coefficient (Wildman–Crippen LogP) is 2.40. The summed E-state index contributed by atoms with van der Waals surface area (Å²) >= 11 is 0. The molecule has 30 heavy (non-hydrogen) atoms. The molecule has 7 nitrogen and oxygen atoms in total. The fourth-order valence-electron chi connectivity index (χ4n) is 3.92. The van der Waals surface area contributed by atoms with Gasteiger partial charge in [0, 0.05) is 64.1 Å². The standard InChI is InChI=1S/C23H43N7/c1-7-24-23(25-11-12-30(19(3)4)20(5)6)27-18-21-9-10-22(26-17-21)29-15-13-28(8-2)14-16-29/h9-10,17,19-20H,7-8,11-16,18H2,1-6H3,(H2,24,25,27). The van der Waals surface area contributed by atoms with E-state index in [-0.39, 0.29) is 0 Å². The maximum Gasteiger partial charge on any atom is 0.191 e. The predicted molar refractivity (Wildman–Crippen MR) is 128 cm³/mol. The lowest BCUT2D eigenvalue weighted by molar-refractivity contribution is 0.178. The van der Waals surface area contributed by atoms with Crippen molar-refractivity contribution < 1.29 is 0 Å². The zero-order valence-electron chi connectivity index (χ0n) is 20.0. The number of rotatable bonds is 10. The van der Waals surface area contributed by atoms with Crippen LogP contribution in [0.4, 0.5) is 5.82 Å². The third-order valence-corrected chi connectivity index (χ3v) is 5.71. The SMILES string of the molecule is CCNC(=NCc1ccc(N2CCN(CC)CC2)nc1)NCCN(C(C)C)C(C)C. The smallest absolute Gasteiger partial charge is 0.191 e. The topological polar surface area (TPSA) is 59.0 Å². The van der Waals surface area contributed by atoms with Gasteiger partial charge in [-0.3, -0.25) is 4.90 Å². The monoisotopic (exact) mass is 417 g/mol. The summed E-state index contributed by atoms with van der Waals surface area (Å²) in [7, 11) is 0. The Hall–Kier alpha value is -1.86.